The fourth-order valence-corrected chi connectivity index (χ4v) is 11.6. The highest BCUT2D eigenvalue weighted by Gasteiger charge is 2.59. The van der Waals surface area contributed by atoms with Crippen molar-refractivity contribution in [3.63, 3.8) is 0 Å². The fourth-order valence-electron chi connectivity index (χ4n) is 11.6. The highest BCUT2D eigenvalue weighted by atomic mass is 16.4. The van der Waals surface area contributed by atoms with Gasteiger partial charge in [0, 0.05) is 0 Å². The van der Waals surface area contributed by atoms with Gasteiger partial charge in [0.15, 0.2) is 11.5 Å². The van der Waals surface area contributed by atoms with Crippen LogP contribution in [0.5, 0.6) is 0 Å². The van der Waals surface area contributed by atoms with Gasteiger partial charge in [0.05, 0.1) is 30.3 Å². The second-order valence-corrected chi connectivity index (χ2v) is 18.7. The van der Waals surface area contributed by atoms with Crippen molar-refractivity contribution in [3.8, 4) is 11.5 Å². The maximum atomic E-state index is 12.2. The van der Waals surface area contributed by atoms with Crippen LogP contribution in [-0.2, 0) is 6.54 Å². The van der Waals surface area contributed by atoms with Crippen molar-refractivity contribution < 1.29 is 25.5 Å². The van der Waals surface area contributed by atoms with E-state index in [2.05, 4.69) is 55.6 Å². The minimum absolute atomic E-state index is 0.0516. The summed E-state index contributed by atoms with van der Waals surface area (Å²) in [5.74, 6) is 5.41. The molecule has 0 amide bonds. The third-order valence-corrected chi connectivity index (χ3v) is 14.8. The summed E-state index contributed by atoms with van der Waals surface area (Å²) < 4.78 is 1.40. The van der Waals surface area contributed by atoms with Gasteiger partial charge < -0.3 is 30.1 Å². The lowest BCUT2D eigenvalue weighted by Gasteiger charge is -2.58. The molecule has 11 atom stereocenters. The number of hydrogen-bond donors (Lipinski definition) is 6. The van der Waals surface area contributed by atoms with E-state index in [4.69, 9.17) is 5.11 Å². The Bertz CT molecular complexity index is 1940. The first-order valence-electron chi connectivity index (χ1n) is 20.9. The Kier molecular flexibility index (Phi) is 12.5. The molecule has 11 heteroatoms. The number of aliphatic hydroxyl groups excluding tert-OH is 5. The molecule has 1 aromatic rings. The molecule has 2 aliphatic heterocycles. The minimum Gasteiger partial charge on any atom is -0.394 e. The quantitative estimate of drug-likeness (QED) is 0.112. The number of fused-ring (bicyclic) bond motifs is 7. The first kappa shape index (κ1) is 41.7. The zero-order valence-electron chi connectivity index (χ0n) is 34.1. The maximum Gasteiger partial charge on any atom is 0.349 e. The van der Waals surface area contributed by atoms with Crippen LogP contribution in [0, 0.1) is 60.2 Å². The number of rotatable bonds is 10. The maximum absolute atomic E-state index is 12.2. The molecule has 0 saturated heterocycles. The van der Waals surface area contributed by atoms with E-state index < -0.39 is 36.2 Å². The van der Waals surface area contributed by atoms with Crippen molar-refractivity contribution in [1.29, 1.82) is 0 Å². The van der Waals surface area contributed by atoms with Crippen molar-refractivity contribution in [2.24, 2.45) is 46.3 Å². The van der Waals surface area contributed by atoms with E-state index in [0.717, 1.165) is 59.5 Å². The van der Waals surface area contributed by atoms with Gasteiger partial charge in [0.25, 0.3) is 5.56 Å². The van der Waals surface area contributed by atoms with Gasteiger partial charge in [-0.25, -0.2) is 9.78 Å². The summed E-state index contributed by atoms with van der Waals surface area (Å²) in [5, 5.41) is 49.0. The first-order valence-corrected chi connectivity index (χ1v) is 20.9. The molecule has 0 spiro atoms. The minimum atomic E-state index is -1.64. The van der Waals surface area contributed by atoms with Crippen LogP contribution < -0.4 is 11.2 Å². The number of hydrogen-bond acceptors (Lipinski definition) is 9. The van der Waals surface area contributed by atoms with E-state index in [1.165, 1.54) is 62.4 Å². The van der Waals surface area contributed by atoms with Gasteiger partial charge in [-0.1, -0.05) is 65.5 Å². The van der Waals surface area contributed by atoms with Crippen molar-refractivity contribution in [2.45, 2.75) is 150 Å². The summed E-state index contributed by atoms with van der Waals surface area (Å²) in [6, 6.07) is 3.53. The molecular formula is C44H66N4O7. The second-order valence-electron chi connectivity index (χ2n) is 18.7. The van der Waals surface area contributed by atoms with Crippen LogP contribution in [0.1, 0.15) is 116 Å². The van der Waals surface area contributed by atoms with Crippen LogP contribution in [0.15, 0.2) is 33.4 Å². The number of allylic oxidation sites excluding steroid dienone is 1. The Balaban J connectivity index is 0.000000187. The van der Waals surface area contributed by atoms with Crippen LogP contribution in [-0.4, -0.2) is 76.1 Å². The molecule has 304 valence electrons. The third-order valence-electron chi connectivity index (χ3n) is 14.8. The van der Waals surface area contributed by atoms with Crippen LogP contribution in [0.4, 0.5) is 0 Å². The van der Waals surface area contributed by atoms with Gasteiger partial charge in [-0.05, 0) is 135 Å². The van der Waals surface area contributed by atoms with E-state index in [1.54, 1.807) is 17.7 Å². The largest absolute Gasteiger partial charge is 0.394 e. The molecule has 0 unspecified atom stereocenters. The lowest BCUT2D eigenvalue weighted by atomic mass is 9.47. The number of H-pyrrole nitrogens is 1. The number of aromatic nitrogens is 4. The highest BCUT2D eigenvalue weighted by Crippen LogP contribution is 2.67. The number of aliphatic hydroxyl groups is 5. The lowest BCUT2D eigenvalue weighted by Crippen LogP contribution is -2.50. The molecular weight excluding hydrogens is 697 g/mol. The number of aryl methyl sites for hydroxylation is 2. The molecule has 0 radical (unpaired) electrons. The van der Waals surface area contributed by atoms with Gasteiger partial charge in [-0.3, -0.25) is 9.78 Å². The normalized spacial score (nSPS) is 31.1. The summed E-state index contributed by atoms with van der Waals surface area (Å²) in [6.45, 7) is 15.3. The molecule has 1 aromatic carbocycles. The van der Waals surface area contributed by atoms with Crippen LogP contribution in [0.3, 0.4) is 0 Å². The summed E-state index contributed by atoms with van der Waals surface area (Å²) in [7, 11) is 0. The Morgan fingerprint density at radius 1 is 0.927 bits per heavy atom. The molecule has 4 aliphatic carbocycles. The van der Waals surface area contributed by atoms with Gasteiger partial charge in [0.1, 0.15) is 18.3 Å². The lowest BCUT2D eigenvalue weighted by molar-refractivity contribution is -0.0802. The second kappa shape index (κ2) is 16.5. The van der Waals surface area contributed by atoms with Crippen molar-refractivity contribution in [2.75, 3.05) is 6.61 Å². The third kappa shape index (κ3) is 8.11. The molecule has 0 bridgehead atoms. The average Bonchev–Trinajstić information content (AvgIpc) is 3.49. The summed E-state index contributed by atoms with van der Waals surface area (Å²) in [6.07, 6.45) is 12.5. The first-order chi connectivity index (χ1) is 26.0. The van der Waals surface area contributed by atoms with Crippen molar-refractivity contribution in [1.82, 2.24) is 19.5 Å². The van der Waals surface area contributed by atoms with Gasteiger partial charge >= 0.3 is 5.69 Å². The van der Waals surface area contributed by atoms with Crippen LogP contribution in [0.25, 0.3) is 22.6 Å². The molecule has 11 nitrogen and oxygen atoms in total. The number of benzene rings is 1. The van der Waals surface area contributed by atoms with Crippen molar-refractivity contribution >= 4 is 11.0 Å². The van der Waals surface area contributed by atoms with Crippen LogP contribution >= 0.6 is 0 Å². The smallest absolute Gasteiger partial charge is 0.349 e. The Labute approximate surface area is 325 Å². The Morgan fingerprint density at radius 2 is 1.65 bits per heavy atom. The highest BCUT2D eigenvalue weighted by molar-refractivity contribution is 5.81. The molecule has 2 heterocycles. The zero-order chi connectivity index (χ0) is 40.0. The molecule has 55 heavy (non-hydrogen) atoms. The number of aromatic amines is 1. The molecule has 0 aromatic heterocycles. The van der Waals surface area contributed by atoms with E-state index in [9.17, 15) is 30.0 Å². The van der Waals surface area contributed by atoms with Gasteiger partial charge in [-0.15, -0.1) is 0 Å². The molecule has 3 fully saturated rings. The molecule has 6 N–H and O–H groups in total. The standard InChI is InChI=1S/C27H46O.C17H20N4O6/c1-18(2)7-6-8-19(3)23-11-12-24-22-10-9-20-17-21(28)13-15-26(20,4)25(22)14-16-27(23,24)5;1-7-3-9-10(4-8(7)2)21(5-11(23)14(25)12(24)6-22)15-13(18-9)16(26)20-17(27)19-15/h9,18-19,21-25,28H,6-8,10-17H2,1-5H3;3-4,11-12,14,22-25H,5-6H2,1-2H3,(H,20,26,27)/t19-,21+,22+,23-,24+,25+,26+,27-;11-,12+,14-/m10/s1. The van der Waals surface area contributed by atoms with Gasteiger partial charge in [-0.2, -0.15) is 4.98 Å². The predicted molar refractivity (Wildman–Crippen MR) is 215 cm³/mol. The van der Waals surface area contributed by atoms with E-state index >= 15 is 0 Å². The predicted octanol–water partition coefficient (Wildman–Crippen LogP) is 5.67. The number of nitrogens with one attached hydrogen (secondary N) is 1. The van der Waals surface area contributed by atoms with E-state index in [0.29, 0.717) is 21.9 Å². The summed E-state index contributed by atoms with van der Waals surface area (Å²) in [4.78, 5) is 34.0. The summed E-state index contributed by atoms with van der Waals surface area (Å²) >= 11 is 0. The monoisotopic (exact) mass is 762 g/mol. The van der Waals surface area contributed by atoms with Crippen LogP contribution in [0.2, 0.25) is 0 Å². The SMILES string of the molecule is CC(C)CCC[C@@H](C)[C@H]1CC[C@H]2[C@@H]3CC=C4C[C@@H](O)CC[C@]4(C)[C@H]3CC[C@]12C.Cc1cc2nc3c(=O)[nH]c(=O)nc-3n(C[C@H](O)[C@H](O)[C@H](O)CO)c2cc1C. The van der Waals surface area contributed by atoms with E-state index in [-0.39, 0.29) is 24.2 Å². The van der Waals surface area contributed by atoms with Gasteiger partial charge in [0.2, 0.25) is 0 Å². The summed E-state index contributed by atoms with van der Waals surface area (Å²) in [5.41, 5.74) is 3.72. The zero-order valence-corrected chi connectivity index (χ0v) is 34.1. The molecule has 7 rings (SSSR count). The number of nitrogens with zero attached hydrogens (tertiary/aromatic N) is 3. The van der Waals surface area contributed by atoms with E-state index in [1.807, 2.05) is 13.8 Å². The topological polar surface area (TPSA) is 182 Å². The Hall–Kier alpha value is -2.96. The Morgan fingerprint density at radius 3 is 2.36 bits per heavy atom. The fraction of sp³-hybridized carbons (Fsp3) is 0.727. The molecule has 3 saturated carbocycles. The average molecular weight is 763 g/mol. The van der Waals surface area contributed by atoms with Crippen molar-refractivity contribution in [3.05, 3.63) is 55.7 Å². The molecule has 6 aliphatic rings.